The highest BCUT2D eigenvalue weighted by molar-refractivity contribution is 5.85. The predicted molar refractivity (Wildman–Crippen MR) is 38.1 cm³/mol. The van der Waals surface area contributed by atoms with Gasteiger partial charge in [-0.2, -0.15) is 0 Å². The molecule has 3 nitrogen and oxygen atoms in total. The number of halogens is 3. The Labute approximate surface area is 69.0 Å². The van der Waals surface area contributed by atoms with Gasteiger partial charge in [-0.25, -0.2) is 8.78 Å². The van der Waals surface area contributed by atoms with E-state index in [1.54, 1.807) is 0 Å². The molecule has 11 heavy (non-hydrogen) atoms. The van der Waals surface area contributed by atoms with E-state index >= 15 is 0 Å². The van der Waals surface area contributed by atoms with Gasteiger partial charge >= 0.3 is 5.97 Å². The lowest BCUT2D eigenvalue weighted by molar-refractivity contribution is -0.138. The third-order valence-corrected chi connectivity index (χ3v) is 1.01. The molecule has 0 aromatic heterocycles. The highest BCUT2D eigenvalue weighted by Gasteiger charge is 2.13. The van der Waals surface area contributed by atoms with Crippen LogP contribution in [-0.4, -0.2) is 23.5 Å². The zero-order chi connectivity index (χ0) is 8.15. The smallest absolute Gasteiger partial charge is 0.320 e. The third kappa shape index (κ3) is 7.48. The second-order valence-electron chi connectivity index (χ2n) is 1.91. The summed E-state index contributed by atoms with van der Waals surface area (Å²) in [7, 11) is 0. The molecule has 0 unspecified atom stereocenters. The lowest BCUT2D eigenvalue weighted by atomic mass is 10.2. The third-order valence-electron chi connectivity index (χ3n) is 1.01. The van der Waals surface area contributed by atoms with Crippen LogP contribution in [0.4, 0.5) is 8.78 Å². The molecule has 0 fully saturated rings. The minimum absolute atomic E-state index is 0. The molecule has 0 aromatic carbocycles. The number of aliphatic carboxylic acids is 1. The van der Waals surface area contributed by atoms with Crippen molar-refractivity contribution in [2.24, 2.45) is 5.73 Å². The fraction of sp³-hybridized carbons (Fsp3) is 0.800. The number of carbonyl (C=O) groups is 1. The average molecular weight is 190 g/mol. The van der Waals surface area contributed by atoms with Gasteiger partial charge in [0.1, 0.15) is 6.04 Å². The summed E-state index contributed by atoms with van der Waals surface area (Å²) in [6, 6.07) is -1.16. The first-order valence-corrected chi connectivity index (χ1v) is 2.80. The normalized spacial score (nSPS) is 12.4. The first-order chi connectivity index (χ1) is 4.54. The maximum absolute atomic E-state index is 11.4. The molecule has 0 aromatic rings. The Morgan fingerprint density at radius 1 is 1.45 bits per heavy atom. The van der Waals surface area contributed by atoms with Crippen LogP contribution in [0.15, 0.2) is 0 Å². The van der Waals surface area contributed by atoms with Crippen molar-refractivity contribution in [3.05, 3.63) is 0 Å². The van der Waals surface area contributed by atoms with E-state index in [9.17, 15) is 13.6 Å². The van der Waals surface area contributed by atoms with Crippen LogP contribution in [-0.2, 0) is 4.79 Å². The van der Waals surface area contributed by atoms with E-state index in [-0.39, 0.29) is 18.8 Å². The van der Waals surface area contributed by atoms with Crippen LogP contribution in [0.25, 0.3) is 0 Å². The first-order valence-electron chi connectivity index (χ1n) is 2.80. The van der Waals surface area contributed by atoms with E-state index in [0.717, 1.165) is 0 Å². The van der Waals surface area contributed by atoms with Crippen molar-refractivity contribution in [1.82, 2.24) is 0 Å². The lowest BCUT2D eigenvalue weighted by Crippen LogP contribution is -2.30. The van der Waals surface area contributed by atoms with Gasteiger partial charge in [-0.1, -0.05) is 0 Å². The number of alkyl halides is 2. The molecule has 0 amide bonds. The summed E-state index contributed by atoms with van der Waals surface area (Å²) in [5.74, 6) is -1.24. The highest BCUT2D eigenvalue weighted by atomic mass is 35.5. The molecule has 1 atom stereocenters. The maximum atomic E-state index is 11.4. The SMILES string of the molecule is Cl.N[C@@H](CCC(F)F)C(=O)O. The van der Waals surface area contributed by atoms with Crippen LogP contribution < -0.4 is 5.73 Å². The summed E-state index contributed by atoms with van der Waals surface area (Å²) in [6.45, 7) is 0. The second-order valence-corrected chi connectivity index (χ2v) is 1.91. The number of hydrogen-bond donors (Lipinski definition) is 2. The summed E-state index contributed by atoms with van der Waals surface area (Å²) in [6.07, 6.45) is -3.09. The van der Waals surface area contributed by atoms with E-state index in [0.29, 0.717) is 0 Å². The minimum Gasteiger partial charge on any atom is -0.480 e. The van der Waals surface area contributed by atoms with Gasteiger partial charge < -0.3 is 10.8 Å². The minimum atomic E-state index is -2.47. The zero-order valence-electron chi connectivity index (χ0n) is 5.67. The van der Waals surface area contributed by atoms with Crippen LogP contribution in [0.3, 0.4) is 0 Å². The molecular weight excluding hydrogens is 180 g/mol. The van der Waals surface area contributed by atoms with Gasteiger partial charge in [-0.3, -0.25) is 4.79 Å². The molecular formula is C5H10ClF2NO2. The molecule has 0 heterocycles. The van der Waals surface area contributed by atoms with Gasteiger partial charge in [0.05, 0.1) is 0 Å². The van der Waals surface area contributed by atoms with Crippen molar-refractivity contribution < 1.29 is 18.7 Å². The van der Waals surface area contributed by atoms with Crippen LogP contribution in [0.5, 0.6) is 0 Å². The van der Waals surface area contributed by atoms with Crippen molar-refractivity contribution in [2.75, 3.05) is 0 Å². The molecule has 0 saturated heterocycles. The molecule has 0 radical (unpaired) electrons. The molecule has 6 heteroatoms. The standard InChI is InChI=1S/C5H9F2NO2.ClH/c6-4(7)2-1-3(8)5(9)10;/h3-4H,1-2,8H2,(H,9,10);1H/t3-;/m0./s1. The average Bonchev–Trinajstić information content (AvgIpc) is 1.82. The molecule has 0 spiro atoms. The largest absolute Gasteiger partial charge is 0.480 e. The molecule has 0 aliphatic rings. The summed E-state index contributed by atoms with van der Waals surface area (Å²) in [5, 5.41) is 8.12. The van der Waals surface area contributed by atoms with Crippen molar-refractivity contribution >= 4 is 18.4 Å². The van der Waals surface area contributed by atoms with Crippen LogP contribution in [0.1, 0.15) is 12.8 Å². The van der Waals surface area contributed by atoms with E-state index in [2.05, 4.69) is 0 Å². The Kier molecular flexibility index (Phi) is 7.55. The molecule has 68 valence electrons. The summed E-state index contributed by atoms with van der Waals surface area (Å²) < 4.78 is 22.8. The molecule has 0 aliphatic carbocycles. The lowest BCUT2D eigenvalue weighted by Gasteiger charge is -2.03. The fourth-order valence-electron chi connectivity index (χ4n) is 0.429. The predicted octanol–water partition coefficient (Wildman–Crippen LogP) is 0.865. The monoisotopic (exact) mass is 189 g/mol. The Morgan fingerprint density at radius 3 is 2.18 bits per heavy atom. The van der Waals surface area contributed by atoms with Crippen LogP contribution in [0, 0.1) is 0 Å². The molecule has 0 saturated carbocycles. The number of nitrogens with two attached hydrogens (primary N) is 1. The van der Waals surface area contributed by atoms with Crippen molar-refractivity contribution in [3.63, 3.8) is 0 Å². The van der Waals surface area contributed by atoms with Crippen LogP contribution >= 0.6 is 12.4 Å². The van der Waals surface area contributed by atoms with Crippen LogP contribution in [0.2, 0.25) is 0 Å². The second kappa shape index (κ2) is 6.30. The van der Waals surface area contributed by atoms with Gasteiger partial charge in [0.15, 0.2) is 0 Å². The number of rotatable bonds is 4. The van der Waals surface area contributed by atoms with E-state index in [1.165, 1.54) is 0 Å². The fourth-order valence-corrected chi connectivity index (χ4v) is 0.429. The zero-order valence-corrected chi connectivity index (χ0v) is 6.48. The van der Waals surface area contributed by atoms with Gasteiger partial charge in [0, 0.05) is 6.42 Å². The van der Waals surface area contributed by atoms with Crippen molar-refractivity contribution in [3.8, 4) is 0 Å². The summed E-state index contributed by atoms with van der Waals surface area (Å²) >= 11 is 0. The maximum Gasteiger partial charge on any atom is 0.320 e. The molecule has 0 rings (SSSR count). The Morgan fingerprint density at radius 2 is 1.91 bits per heavy atom. The Hall–Kier alpha value is -0.420. The van der Waals surface area contributed by atoms with Crippen molar-refractivity contribution in [1.29, 1.82) is 0 Å². The van der Waals surface area contributed by atoms with E-state index in [4.69, 9.17) is 10.8 Å². The highest BCUT2D eigenvalue weighted by Crippen LogP contribution is 2.04. The Bertz CT molecular complexity index is 123. The number of hydrogen-bond acceptors (Lipinski definition) is 2. The van der Waals surface area contributed by atoms with Gasteiger partial charge in [-0.15, -0.1) is 12.4 Å². The van der Waals surface area contributed by atoms with Gasteiger partial charge in [-0.05, 0) is 6.42 Å². The topological polar surface area (TPSA) is 63.3 Å². The van der Waals surface area contributed by atoms with E-state index in [1.807, 2.05) is 0 Å². The Balaban J connectivity index is 0. The van der Waals surface area contributed by atoms with Crippen molar-refractivity contribution in [2.45, 2.75) is 25.3 Å². The number of carboxylic acid groups (broad SMARTS) is 1. The summed E-state index contributed by atoms with van der Waals surface area (Å²) in [4.78, 5) is 9.94. The molecule has 0 aliphatic heterocycles. The van der Waals surface area contributed by atoms with Gasteiger partial charge in [0.25, 0.3) is 0 Å². The first kappa shape index (κ1) is 13.2. The van der Waals surface area contributed by atoms with Gasteiger partial charge in [0.2, 0.25) is 6.43 Å². The molecule has 0 bridgehead atoms. The molecule has 3 N–H and O–H groups in total. The summed E-state index contributed by atoms with van der Waals surface area (Å²) in [5.41, 5.74) is 4.93. The number of carboxylic acids is 1. The quantitative estimate of drug-likeness (QED) is 0.690. The van der Waals surface area contributed by atoms with E-state index < -0.39 is 24.9 Å².